The minimum absolute atomic E-state index is 0.224. The first-order valence-corrected chi connectivity index (χ1v) is 6.46. The quantitative estimate of drug-likeness (QED) is 0.883. The Morgan fingerprint density at radius 2 is 1.95 bits per heavy atom. The Bertz CT molecular complexity index is 592. The van der Waals surface area contributed by atoms with E-state index in [0.29, 0.717) is 18.1 Å². The third-order valence-corrected chi connectivity index (χ3v) is 3.10. The highest BCUT2D eigenvalue weighted by atomic mass is 35.5. The molecule has 0 aliphatic rings. The van der Waals surface area contributed by atoms with Crippen LogP contribution < -0.4 is 5.32 Å². The lowest BCUT2D eigenvalue weighted by Gasteiger charge is -2.09. The van der Waals surface area contributed by atoms with E-state index in [2.05, 4.69) is 5.32 Å². The van der Waals surface area contributed by atoms with Gasteiger partial charge in [0, 0.05) is 5.56 Å². The number of rotatable bonds is 4. The zero-order valence-electron chi connectivity index (χ0n) is 10.7. The van der Waals surface area contributed by atoms with Gasteiger partial charge in [-0.15, -0.1) is 0 Å². The molecule has 2 nitrogen and oxygen atoms in total. The number of hydrogen-bond donors (Lipinski definition) is 1. The lowest BCUT2D eigenvalue weighted by Crippen LogP contribution is -2.10. The van der Waals surface area contributed by atoms with Gasteiger partial charge >= 0.3 is 6.18 Å². The number of furan rings is 1. The summed E-state index contributed by atoms with van der Waals surface area (Å²) >= 11 is 5.95. The van der Waals surface area contributed by atoms with E-state index in [1.54, 1.807) is 12.1 Å². The van der Waals surface area contributed by atoms with Crippen molar-refractivity contribution in [2.24, 2.45) is 0 Å². The number of halogens is 4. The Morgan fingerprint density at radius 3 is 2.60 bits per heavy atom. The van der Waals surface area contributed by atoms with Crippen LogP contribution in [0.4, 0.5) is 13.2 Å². The van der Waals surface area contributed by atoms with Crippen LogP contribution in [0.15, 0.2) is 34.7 Å². The van der Waals surface area contributed by atoms with E-state index in [1.165, 1.54) is 6.07 Å². The van der Waals surface area contributed by atoms with Crippen molar-refractivity contribution in [3.63, 3.8) is 0 Å². The average Bonchev–Trinajstić information content (AvgIpc) is 2.84. The zero-order chi connectivity index (χ0) is 14.8. The summed E-state index contributed by atoms with van der Waals surface area (Å²) < 4.78 is 43.6. The summed E-state index contributed by atoms with van der Waals surface area (Å²) in [6.45, 7) is 3.25. The van der Waals surface area contributed by atoms with Crippen molar-refractivity contribution < 1.29 is 17.6 Å². The number of hydrogen-bond acceptors (Lipinski definition) is 2. The average molecular weight is 304 g/mol. The smallest absolute Gasteiger partial charge is 0.416 e. The first kappa shape index (κ1) is 14.9. The SMILES string of the molecule is CCNCc1ccc(-c2cc(C(F)(F)F)ccc2Cl)o1. The molecule has 20 heavy (non-hydrogen) atoms. The van der Waals surface area contributed by atoms with Crippen molar-refractivity contribution >= 4 is 11.6 Å². The van der Waals surface area contributed by atoms with Gasteiger partial charge in [-0.05, 0) is 36.9 Å². The van der Waals surface area contributed by atoms with Gasteiger partial charge in [-0.25, -0.2) is 0 Å². The van der Waals surface area contributed by atoms with Crippen molar-refractivity contribution in [2.45, 2.75) is 19.6 Å². The predicted octanol–water partition coefficient (Wildman–Crippen LogP) is 4.73. The van der Waals surface area contributed by atoms with E-state index in [1.807, 2.05) is 6.92 Å². The van der Waals surface area contributed by atoms with Gasteiger partial charge in [0.15, 0.2) is 0 Å². The molecule has 0 atom stereocenters. The monoisotopic (exact) mass is 303 g/mol. The lowest BCUT2D eigenvalue weighted by atomic mass is 10.1. The maximum Gasteiger partial charge on any atom is 0.416 e. The van der Waals surface area contributed by atoms with Crippen molar-refractivity contribution in [1.82, 2.24) is 5.32 Å². The van der Waals surface area contributed by atoms with E-state index in [-0.39, 0.29) is 10.6 Å². The molecule has 0 saturated carbocycles. The fourth-order valence-electron chi connectivity index (χ4n) is 1.76. The van der Waals surface area contributed by atoms with E-state index in [0.717, 1.165) is 18.7 Å². The van der Waals surface area contributed by atoms with E-state index in [9.17, 15) is 13.2 Å². The predicted molar refractivity (Wildman–Crippen MR) is 71.5 cm³/mol. The largest absolute Gasteiger partial charge is 0.460 e. The molecule has 6 heteroatoms. The van der Waals surface area contributed by atoms with Crippen LogP contribution in [0.5, 0.6) is 0 Å². The molecule has 1 N–H and O–H groups in total. The third kappa shape index (κ3) is 3.35. The summed E-state index contributed by atoms with van der Waals surface area (Å²) in [6, 6.07) is 6.52. The van der Waals surface area contributed by atoms with Crippen LogP contribution in [0.1, 0.15) is 18.2 Å². The topological polar surface area (TPSA) is 25.2 Å². The van der Waals surface area contributed by atoms with Gasteiger partial charge in [0.25, 0.3) is 0 Å². The van der Waals surface area contributed by atoms with Gasteiger partial charge in [0.05, 0.1) is 17.1 Å². The van der Waals surface area contributed by atoms with Crippen LogP contribution in [0.2, 0.25) is 5.02 Å². The van der Waals surface area contributed by atoms with E-state index in [4.69, 9.17) is 16.0 Å². The molecule has 108 valence electrons. The molecule has 1 aromatic heterocycles. The molecular formula is C14H13ClF3NO. The van der Waals surface area contributed by atoms with Crippen LogP contribution in [0, 0.1) is 0 Å². The van der Waals surface area contributed by atoms with Gasteiger partial charge < -0.3 is 9.73 Å². The molecule has 2 rings (SSSR count). The maximum absolute atomic E-state index is 12.7. The van der Waals surface area contributed by atoms with Crippen LogP contribution in [-0.4, -0.2) is 6.54 Å². The molecule has 0 unspecified atom stereocenters. The maximum atomic E-state index is 12.7. The fraction of sp³-hybridized carbons (Fsp3) is 0.286. The molecule has 1 aromatic carbocycles. The third-order valence-electron chi connectivity index (χ3n) is 2.77. The molecule has 0 aliphatic carbocycles. The summed E-state index contributed by atoms with van der Waals surface area (Å²) in [5.74, 6) is 0.976. The molecule has 2 aromatic rings. The summed E-state index contributed by atoms with van der Waals surface area (Å²) in [7, 11) is 0. The normalized spacial score (nSPS) is 11.8. The van der Waals surface area contributed by atoms with Crippen LogP contribution >= 0.6 is 11.6 Å². The first-order chi connectivity index (χ1) is 9.41. The van der Waals surface area contributed by atoms with E-state index >= 15 is 0 Å². The van der Waals surface area contributed by atoms with Crippen molar-refractivity contribution in [2.75, 3.05) is 6.54 Å². The highest BCUT2D eigenvalue weighted by molar-refractivity contribution is 6.33. The lowest BCUT2D eigenvalue weighted by molar-refractivity contribution is -0.137. The molecule has 0 saturated heterocycles. The summed E-state index contributed by atoms with van der Waals surface area (Å²) in [5, 5.41) is 3.30. The Morgan fingerprint density at radius 1 is 1.20 bits per heavy atom. The highest BCUT2D eigenvalue weighted by Gasteiger charge is 2.31. The second-order valence-electron chi connectivity index (χ2n) is 4.24. The molecule has 0 bridgehead atoms. The Kier molecular flexibility index (Phi) is 4.40. The Hall–Kier alpha value is -1.46. The second kappa shape index (κ2) is 5.89. The van der Waals surface area contributed by atoms with Gasteiger partial charge in [0.2, 0.25) is 0 Å². The Balaban J connectivity index is 2.34. The standard InChI is InChI=1S/C14H13ClF3NO/c1-2-19-8-10-4-6-13(20-10)11-7-9(14(16,17)18)3-5-12(11)15/h3-7,19H,2,8H2,1H3. The van der Waals surface area contributed by atoms with Crippen LogP contribution in [-0.2, 0) is 12.7 Å². The highest BCUT2D eigenvalue weighted by Crippen LogP contribution is 2.36. The van der Waals surface area contributed by atoms with Crippen molar-refractivity contribution in [3.05, 3.63) is 46.7 Å². The van der Waals surface area contributed by atoms with Crippen LogP contribution in [0.25, 0.3) is 11.3 Å². The van der Waals surface area contributed by atoms with Gasteiger partial charge in [-0.3, -0.25) is 0 Å². The van der Waals surface area contributed by atoms with Crippen molar-refractivity contribution in [1.29, 1.82) is 0 Å². The number of benzene rings is 1. The zero-order valence-corrected chi connectivity index (χ0v) is 11.5. The van der Waals surface area contributed by atoms with Gasteiger partial charge in [-0.2, -0.15) is 13.2 Å². The molecule has 0 spiro atoms. The summed E-state index contributed by atoms with van der Waals surface area (Å²) in [4.78, 5) is 0. The van der Waals surface area contributed by atoms with E-state index < -0.39 is 11.7 Å². The molecular weight excluding hydrogens is 291 g/mol. The van der Waals surface area contributed by atoms with Crippen molar-refractivity contribution in [3.8, 4) is 11.3 Å². The van der Waals surface area contributed by atoms with Gasteiger partial charge in [-0.1, -0.05) is 18.5 Å². The van der Waals surface area contributed by atoms with Gasteiger partial charge in [0.1, 0.15) is 11.5 Å². The molecule has 0 fully saturated rings. The number of alkyl halides is 3. The fourth-order valence-corrected chi connectivity index (χ4v) is 1.97. The number of nitrogens with one attached hydrogen (secondary N) is 1. The molecule has 0 aliphatic heterocycles. The minimum atomic E-state index is -4.40. The second-order valence-corrected chi connectivity index (χ2v) is 4.65. The molecule has 1 heterocycles. The minimum Gasteiger partial charge on any atom is -0.460 e. The van der Waals surface area contributed by atoms with Crippen LogP contribution in [0.3, 0.4) is 0 Å². The molecule has 0 radical (unpaired) electrons. The summed E-state index contributed by atoms with van der Waals surface area (Å²) in [5.41, 5.74) is -0.509. The first-order valence-electron chi connectivity index (χ1n) is 6.08. The molecule has 0 amide bonds. The Labute approximate surface area is 119 Å². The summed E-state index contributed by atoms with van der Waals surface area (Å²) in [6.07, 6.45) is -4.40.